The summed E-state index contributed by atoms with van der Waals surface area (Å²) < 4.78 is 45.3. The number of nitrogens with zero attached hydrogens (tertiary/aromatic N) is 3. The van der Waals surface area contributed by atoms with Crippen molar-refractivity contribution in [3.05, 3.63) is 100 Å². The second-order valence-corrected chi connectivity index (χ2v) is 13.4. The minimum Gasteiger partial charge on any atom is -0.481 e. The second kappa shape index (κ2) is 9.82. The van der Waals surface area contributed by atoms with Crippen molar-refractivity contribution in [2.24, 2.45) is 5.92 Å². The quantitative estimate of drug-likeness (QED) is 0.214. The Balaban J connectivity index is 1.52. The molecule has 10 heteroatoms. The summed E-state index contributed by atoms with van der Waals surface area (Å²) in [4.78, 5) is 17.2. The average molecular weight is 598 g/mol. The van der Waals surface area contributed by atoms with E-state index in [0.717, 1.165) is 36.1 Å². The number of carboxylic acids is 1. The lowest BCUT2D eigenvalue weighted by Crippen LogP contribution is -2.50. The summed E-state index contributed by atoms with van der Waals surface area (Å²) in [6.07, 6.45) is 2.71. The smallest absolute Gasteiger partial charge is 0.310 e. The van der Waals surface area contributed by atoms with Crippen LogP contribution in [0.3, 0.4) is 0 Å². The van der Waals surface area contributed by atoms with Gasteiger partial charge in [-0.2, -0.15) is 11.3 Å². The van der Waals surface area contributed by atoms with E-state index in [1.807, 2.05) is 23.1 Å². The van der Waals surface area contributed by atoms with Gasteiger partial charge in [0.15, 0.2) is 0 Å². The Hall–Kier alpha value is -4.46. The number of thiophene rings is 1. The van der Waals surface area contributed by atoms with Crippen molar-refractivity contribution in [1.82, 2.24) is 3.97 Å². The first kappa shape index (κ1) is 26.4. The fraction of sp³-hybridized carbons (Fsp3) is 0.188. The predicted octanol–water partition coefficient (Wildman–Crippen LogP) is 6.97. The Kier molecular flexibility index (Phi) is 6.18. The van der Waals surface area contributed by atoms with Gasteiger partial charge in [-0.1, -0.05) is 24.3 Å². The van der Waals surface area contributed by atoms with Crippen LogP contribution >= 0.6 is 11.3 Å². The van der Waals surface area contributed by atoms with E-state index in [-0.39, 0.29) is 4.90 Å². The van der Waals surface area contributed by atoms with Crippen LogP contribution in [0.1, 0.15) is 17.5 Å². The summed E-state index contributed by atoms with van der Waals surface area (Å²) in [5.41, 5.74) is 5.11. The molecular formula is C32H24FN3O4S2. The van der Waals surface area contributed by atoms with Crippen molar-refractivity contribution >= 4 is 48.9 Å². The monoisotopic (exact) mass is 597 g/mol. The van der Waals surface area contributed by atoms with E-state index in [1.165, 1.54) is 33.5 Å². The van der Waals surface area contributed by atoms with E-state index in [0.29, 0.717) is 51.4 Å². The van der Waals surface area contributed by atoms with Crippen molar-refractivity contribution in [1.29, 1.82) is 0 Å². The van der Waals surface area contributed by atoms with Crippen LogP contribution in [-0.2, 0) is 27.7 Å². The molecule has 1 aliphatic carbocycles. The van der Waals surface area contributed by atoms with E-state index < -0.39 is 27.7 Å². The molecule has 7 rings (SSSR count). The fourth-order valence-corrected chi connectivity index (χ4v) is 8.39. The Morgan fingerprint density at radius 3 is 2.62 bits per heavy atom. The van der Waals surface area contributed by atoms with Gasteiger partial charge in [-0.3, -0.25) is 4.79 Å². The maximum absolute atomic E-state index is 14.8. The molecule has 1 fully saturated rings. The third kappa shape index (κ3) is 4.11. The summed E-state index contributed by atoms with van der Waals surface area (Å²) in [5.74, 6) is -1.83. The molecule has 2 aromatic heterocycles. The molecule has 0 bridgehead atoms. The third-order valence-corrected chi connectivity index (χ3v) is 10.7. The number of rotatable bonds is 6. The number of aryl methyl sites for hydroxylation is 2. The maximum Gasteiger partial charge on any atom is 0.310 e. The van der Waals surface area contributed by atoms with Crippen molar-refractivity contribution in [2.75, 3.05) is 18.0 Å². The van der Waals surface area contributed by atoms with Crippen LogP contribution < -0.4 is 4.90 Å². The fourth-order valence-electron chi connectivity index (χ4n) is 6.11. The molecule has 210 valence electrons. The molecule has 3 heterocycles. The number of carbonyl (C=O) groups is 1. The number of fused-ring (bicyclic) bond motifs is 2. The zero-order chi connectivity index (χ0) is 29.2. The first-order chi connectivity index (χ1) is 20.3. The van der Waals surface area contributed by atoms with Gasteiger partial charge in [-0.05, 0) is 78.2 Å². The van der Waals surface area contributed by atoms with Gasteiger partial charge in [0.05, 0.1) is 28.6 Å². The van der Waals surface area contributed by atoms with Gasteiger partial charge in [0.25, 0.3) is 10.0 Å². The van der Waals surface area contributed by atoms with Gasteiger partial charge in [0.1, 0.15) is 5.82 Å². The van der Waals surface area contributed by atoms with E-state index in [4.69, 9.17) is 6.57 Å². The SMILES string of the molecule is [C-]#[N+]c1sccc1-c1c(-c2cccc(N3CC(C(=O)O)C3)c2)n(S(=O)(=O)c2ccc3c(c2)CCC3)c2ccc(F)cc12. The van der Waals surface area contributed by atoms with E-state index in [9.17, 15) is 22.7 Å². The highest BCUT2D eigenvalue weighted by Gasteiger charge is 2.34. The highest BCUT2D eigenvalue weighted by atomic mass is 32.2. The minimum atomic E-state index is -4.18. The standard InChI is InChI=1S/C32H24FN3O4S2/c1-34-31-26(12-13-41-31)29-27-16-23(33)9-11-28(27)36(42(39,40)25-10-8-19-4-2-5-20(19)15-25)30(29)21-6-3-7-24(14-21)35-17-22(18-35)32(37)38/h3,6-16,22H,2,4-5,17-18H2,(H,37,38). The van der Waals surface area contributed by atoms with Crippen LogP contribution in [0.2, 0.25) is 0 Å². The summed E-state index contributed by atoms with van der Waals surface area (Å²) in [6, 6.07) is 18.4. The third-order valence-electron chi connectivity index (χ3n) is 8.23. The van der Waals surface area contributed by atoms with Crippen LogP contribution in [0.4, 0.5) is 15.1 Å². The molecule has 1 saturated heterocycles. The maximum atomic E-state index is 14.8. The predicted molar refractivity (Wildman–Crippen MR) is 161 cm³/mol. The van der Waals surface area contributed by atoms with Crippen LogP contribution in [0, 0.1) is 18.3 Å². The molecule has 3 aromatic carbocycles. The van der Waals surface area contributed by atoms with Crippen molar-refractivity contribution in [3.63, 3.8) is 0 Å². The zero-order valence-corrected chi connectivity index (χ0v) is 23.9. The molecule has 0 radical (unpaired) electrons. The first-order valence-corrected chi connectivity index (χ1v) is 15.8. The van der Waals surface area contributed by atoms with Crippen LogP contribution in [0.5, 0.6) is 0 Å². The van der Waals surface area contributed by atoms with Crippen LogP contribution in [0.15, 0.2) is 77.0 Å². The molecular weight excluding hydrogens is 574 g/mol. The zero-order valence-electron chi connectivity index (χ0n) is 22.2. The number of carboxylic acid groups (broad SMARTS) is 1. The molecule has 0 unspecified atom stereocenters. The Morgan fingerprint density at radius 2 is 1.83 bits per heavy atom. The number of anilines is 1. The van der Waals surface area contributed by atoms with Crippen molar-refractivity contribution in [2.45, 2.75) is 24.2 Å². The Labute approximate surface area is 245 Å². The topological polar surface area (TPSA) is 84.0 Å². The van der Waals surface area contributed by atoms with E-state index >= 15 is 0 Å². The summed E-state index contributed by atoms with van der Waals surface area (Å²) in [7, 11) is -4.18. The molecule has 0 spiro atoms. The number of halogens is 1. The highest BCUT2D eigenvalue weighted by molar-refractivity contribution is 7.90. The molecule has 42 heavy (non-hydrogen) atoms. The lowest BCUT2D eigenvalue weighted by Gasteiger charge is -2.38. The van der Waals surface area contributed by atoms with Crippen LogP contribution in [0.25, 0.3) is 38.1 Å². The second-order valence-electron chi connectivity index (χ2n) is 10.7. The van der Waals surface area contributed by atoms with Gasteiger partial charge in [-0.15, -0.1) is 0 Å². The van der Waals surface area contributed by atoms with Gasteiger partial charge in [0, 0.05) is 40.9 Å². The normalized spacial score (nSPS) is 15.0. The molecule has 7 nitrogen and oxygen atoms in total. The lowest BCUT2D eigenvalue weighted by molar-refractivity contribution is -0.142. The molecule has 0 atom stereocenters. The number of hydrogen-bond acceptors (Lipinski definition) is 5. The molecule has 0 saturated carbocycles. The van der Waals surface area contributed by atoms with Gasteiger partial charge in [0.2, 0.25) is 5.00 Å². The number of aromatic nitrogens is 1. The molecule has 0 amide bonds. The Bertz CT molecular complexity index is 2070. The van der Waals surface area contributed by atoms with Crippen LogP contribution in [-0.4, -0.2) is 36.6 Å². The molecule has 1 N–H and O–H groups in total. The summed E-state index contributed by atoms with van der Waals surface area (Å²) in [5, 5.41) is 11.9. The van der Waals surface area contributed by atoms with Crippen molar-refractivity contribution in [3.8, 4) is 22.4 Å². The van der Waals surface area contributed by atoms with E-state index in [1.54, 1.807) is 35.7 Å². The van der Waals surface area contributed by atoms with Gasteiger partial charge < -0.3 is 10.0 Å². The largest absolute Gasteiger partial charge is 0.481 e. The van der Waals surface area contributed by atoms with E-state index in [2.05, 4.69) is 4.85 Å². The summed E-state index contributed by atoms with van der Waals surface area (Å²) in [6.45, 7) is 8.46. The average Bonchev–Trinajstić information content (AvgIpc) is 3.68. The molecule has 2 aliphatic rings. The number of hydrogen-bond donors (Lipinski definition) is 1. The minimum absolute atomic E-state index is 0.149. The number of benzene rings is 3. The van der Waals surface area contributed by atoms with Gasteiger partial charge in [-0.25, -0.2) is 21.6 Å². The highest BCUT2D eigenvalue weighted by Crippen LogP contribution is 2.48. The first-order valence-electron chi connectivity index (χ1n) is 13.5. The van der Waals surface area contributed by atoms with Crippen molar-refractivity contribution < 1.29 is 22.7 Å². The summed E-state index contributed by atoms with van der Waals surface area (Å²) >= 11 is 1.24. The number of aliphatic carboxylic acids is 1. The Morgan fingerprint density at radius 1 is 1.02 bits per heavy atom. The lowest BCUT2D eigenvalue weighted by atomic mass is 9.97. The molecule has 5 aromatic rings. The van der Waals surface area contributed by atoms with Gasteiger partial charge >= 0.3 is 5.97 Å². The molecule has 1 aliphatic heterocycles.